The molecule has 0 aliphatic rings. The van der Waals surface area contributed by atoms with Crippen LogP contribution in [-0.4, -0.2) is 58.5 Å². The van der Waals surface area contributed by atoms with Gasteiger partial charge in [-0.2, -0.15) is 13.2 Å². The molecule has 2 N–H and O–H groups in total. The fourth-order valence-corrected chi connectivity index (χ4v) is 1.16. The largest absolute Gasteiger partial charge is 0.476 e. The molecule has 0 aromatic carbocycles. The molecule has 0 radical (unpaired) electrons. The van der Waals surface area contributed by atoms with Gasteiger partial charge in [-0.3, -0.25) is 4.68 Å². The number of carbonyl (C=O) groups is 1. The molecule has 1 aromatic rings. The van der Waals surface area contributed by atoms with Gasteiger partial charge in [0.25, 0.3) is 0 Å². The van der Waals surface area contributed by atoms with Crippen molar-refractivity contribution in [1.82, 2.24) is 20.3 Å². The second-order valence-corrected chi connectivity index (χ2v) is 3.59. The zero-order chi connectivity index (χ0) is 14.3. The molecule has 1 rings (SSSR count). The summed E-state index contributed by atoms with van der Waals surface area (Å²) >= 11 is 0. The summed E-state index contributed by atoms with van der Waals surface area (Å²) in [6.07, 6.45) is -3.04. The SMILES string of the molecule is O=C(O)c1cn(CCNCCOCC(F)(F)F)nn1. The summed E-state index contributed by atoms with van der Waals surface area (Å²) in [4.78, 5) is 10.5. The van der Waals surface area contributed by atoms with E-state index in [4.69, 9.17) is 5.11 Å². The van der Waals surface area contributed by atoms with Crippen molar-refractivity contribution in [2.24, 2.45) is 0 Å². The topological polar surface area (TPSA) is 89.3 Å². The lowest BCUT2D eigenvalue weighted by atomic mass is 10.5. The number of carboxylic acids is 1. The van der Waals surface area contributed by atoms with Gasteiger partial charge in [0.2, 0.25) is 0 Å². The molecule has 7 nitrogen and oxygen atoms in total. The number of halogens is 3. The van der Waals surface area contributed by atoms with Crippen molar-refractivity contribution < 1.29 is 27.8 Å². The van der Waals surface area contributed by atoms with Crippen LogP contribution in [0.4, 0.5) is 13.2 Å². The molecule has 0 aliphatic carbocycles. The Hall–Kier alpha value is -1.68. The Labute approximate surface area is 106 Å². The number of rotatable bonds is 8. The number of carboxylic acid groups (broad SMARTS) is 1. The maximum atomic E-state index is 11.7. The summed E-state index contributed by atoms with van der Waals surface area (Å²) in [6, 6.07) is 0. The van der Waals surface area contributed by atoms with Crippen LogP contribution in [0, 0.1) is 0 Å². The molecule has 19 heavy (non-hydrogen) atoms. The van der Waals surface area contributed by atoms with E-state index in [0.29, 0.717) is 13.1 Å². The number of hydrogen-bond donors (Lipinski definition) is 2. The summed E-state index contributed by atoms with van der Waals surface area (Å²) in [7, 11) is 0. The summed E-state index contributed by atoms with van der Waals surface area (Å²) in [5, 5.41) is 18.4. The molecular weight excluding hydrogens is 269 g/mol. The van der Waals surface area contributed by atoms with Crippen LogP contribution in [0.2, 0.25) is 0 Å². The summed E-state index contributed by atoms with van der Waals surface area (Å²) in [5.41, 5.74) is -0.159. The number of aromatic carboxylic acids is 1. The van der Waals surface area contributed by atoms with Gasteiger partial charge >= 0.3 is 12.1 Å². The summed E-state index contributed by atoms with van der Waals surface area (Å²) in [6.45, 7) is -0.287. The van der Waals surface area contributed by atoms with Crippen molar-refractivity contribution in [1.29, 1.82) is 0 Å². The van der Waals surface area contributed by atoms with Gasteiger partial charge in [0.15, 0.2) is 5.69 Å². The molecule has 0 saturated carbocycles. The first kappa shape index (κ1) is 15.4. The Balaban J connectivity index is 2.06. The van der Waals surface area contributed by atoms with Gasteiger partial charge in [0, 0.05) is 13.1 Å². The van der Waals surface area contributed by atoms with Gasteiger partial charge in [-0.25, -0.2) is 4.79 Å². The smallest absolute Gasteiger partial charge is 0.411 e. The van der Waals surface area contributed by atoms with E-state index in [1.807, 2.05) is 0 Å². The van der Waals surface area contributed by atoms with E-state index < -0.39 is 18.8 Å². The predicted molar refractivity (Wildman–Crippen MR) is 56.7 cm³/mol. The van der Waals surface area contributed by atoms with Crippen molar-refractivity contribution in [3.63, 3.8) is 0 Å². The van der Waals surface area contributed by atoms with E-state index in [-0.39, 0.29) is 18.8 Å². The first-order valence-electron chi connectivity index (χ1n) is 5.37. The fraction of sp³-hybridized carbons (Fsp3) is 0.667. The number of alkyl halides is 3. The van der Waals surface area contributed by atoms with Crippen LogP contribution < -0.4 is 5.32 Å². The summed E-state index contributed by atoms with van der Waals surface area (Å²) in [5.74, 6) is -1.17. The third kappa shape index (κ3) is 6.72. The van der Waals surface area contributed by atoms with Crippen molar-refractivity contribution >= 4 is 5.97 Å². The second kappa shape index (κ2) is 7.04. The van der Waals surface area contributed by atoms with Gasteiger partial charge in [-0.05, 0) is 0 Å². The minimum absolute atomic E-state index is 0.0583. The van der Waals surface area contributed by atoms with Gasteiger partial charge in [0.05, 0.1) is 19.3 Å². The maximum absolute atomic E-state index is 11.7. The Kier molecular flexibility index (Phi) is 5.70. The van der Waals surface area contributed by atoms with Crippen molar-refractivity contribution in [3.8, 4) is 0 Å². The summed E-state index contributed by atoms with van der Waals surface area (Å²) < 4.78 is 40.8. The third-order valence-corrected chi connectivity index (χ3v) is 1.96. The standard InChI is InChI=1S/C9H13F3N4O3/c10-9(11,12)6-19-4-2-13-1-3-16-5-7(8(17)18)14-15-16/h5,13H,1-4,6H2,(H,17,18). The maximum Gasteiger partial charge on any atom is 0.411 e. The lowest BCUT2D eigenvalue weighted by Crippen LogP contribution is -2.26. The second-order valence-electron chi connectivity index (χ2n) is 3.59. The van der Waals surface area contributed by atoms with Gasteiger partial charge in [-0.15, -0.1) is 5.10 Å². The van der Waals surface area contributed by atoms with Gasteiger partial charge < -0.3 is 15.2 Å². The average Bonchev–Trinajstić information content (AvgIpc) is 2.75. The minimum atomic E-state index is -4.31. The molecule has 10 heteroatoms. The van der Waals surface area contributed by atoms with Crippen molar-refractivity contribution in [3.05, 3.63) is 11.9 Å². The molecule has 0 bridgehead atoms. The molecule has 108 valence electrons. The number of hydrogen-bond acceptors (Lipinski definition) is 5. The monoisotopic (exact) mass is 282 g/mol. The van der Waals surface area contributed by atoms with Gasteiger partial charge in [-0.1, -0.05) is 5.21 Å². The van der Waals surface area contributed by atoms with Crippen LogP contribution in [0.25, 0.3) is 0 Å². The first-order valence-corrected chi connectivity index (χ1v) is 5.37. The Bertz CT molecular complexity index is 408. The molecule has 1 heterocycles. The number of ether oxygens (including phenoxy) is 1. The zero-order valence-corrected chi connectivity index (χ0v) is 9.85. The Morgan fingerprint density at radius 2 is 2.21 bits per heavy atom. The van der Waals surface area contributed by atoms with E-state index in [2.05, 4.69) is 20.4 Å². The molecule has 0 spiro atoms. The van der Waals surface area contributed by atoms with E-state index in [9.17, 15) is 18.0 Å². The minimum Gasteiger partial charge on any atom is -0.476 e. The molecule has 0 amide bonds. The quantitative estimate of drug-likeness (QED) is 0.659. The molecule has 0 fully saturated rings. The highest BCUT2D eigenvalue weighted by molar-refractivity contribution is 5.84. The highest BCUT2D eigenvalue weighted by Gasteiger charge is 2.27. The Morgan fingerprint density at radius 1 is 1.47 bits per heavy atom. The van der Waals surface area contributed by atoms with Crippen LogP contribution >= 0.6 is 0 Å². The normalized spacial score (nSPS) is 11.7. The van der Waals surface area contributed by atoms with E-state index in [1.54, 1.807) is 0 Å². The zero-order valence-electron chi connectivity index (χ0n) is 9.85. The van der Waals surface area contributed by atoms with E-state index in [0.717, 1.165) is 0 Å². The van der Waals surface area contributed by atoms with Crippen LogP contribution in [0.3, 0.4) is 0 Å². The third-order valence-electron chi connectivity index (χ3n) is 1.96. The molecule has 0 atom stereocenters. The van der Waals surface area contributed by atoms with E-state index in [1.165, 1.54) is 10.9 Å². The van der Waals surface area contributed by atoms with E-state index >= 15 is 0 Å². The highest BCUT2D eigenvalue weighted by atomic mass is 19.4. The Morgan fingerprint density at radius 3 is 2.79 bits per heavy atom. The molecule has 0 aliphatic heterocycles. The van der Waals surface area contributed by atoms with Crippen LogP contribution in [0.5, 0.6) is 0 Å². The average molecular weight is 282 g/mol. The molecule has 0 saturated heterocycles. The lowest BCUT2D eigenvalue weighted by molar-refractivity contribution is -0.173. The van der Waals surface area contributed by atoms with Crippen molar-refractivity contribution in [2.75, 3.05) is 26.3 Å². The predicted octanol–water partition coefficient (Wildman–Crippen LogP) is 0.145. The molecule has 1 aromatic heterocycles. The fourth-order valence-electron chi connectivity index (χ4n) is 1.16. The molecule has 0 unspecified atom stereocenters. The lowest BCUT2D eigenvalue weighted by Gasteiger charge is -2.08. The van der Waals surface area contributed by atoms with Crippen LogP contribution in [0.1, 0.15) is 10.5 Å². The van der Waals surface area contributed by atoms with Crippen molar-refractivity contribution in [2.45, 2.75) is 12.7 Å². The molecular formula is C9H13F3N4O3. The first-order chi connectivity index (χ1) is 8.88. The highest BCUT2D eigenvalue weighted by Crippen LogP contribution is 2.13. The van der Waals surface area contributed by atoms with Crippen LogP contribution in [-0.2, 0) is 11.3 Å². The van der Waals surface area contributed by atoms with Gasteiger partial charge in [0.1, 0.15) is 6.61 Å². The number of nitrogens with one attached hydrogen (secondary N) is 1. The van der Waals surface area contributed by atoms with Crippen LogP contribution in [0.15, 0.2) is 6.20 Å². The number of aromatic nitrogens is 3. The number of nitrogens with zero attached hydrogens (tertiary/aromatic N) is 3.